The highest BCUT2D eigenvalue weighted by Crippen LogP contribution is 2.53. The van der Waals surface area contributed by atoms with Gasteiger partial charge in [0.15, 0.2) is 0 Å². The summed E-state index contributed by atoms with van der Waals surface area (Å²) in [5, 5.41) is 0.403. The van der Waals surface area contributed by atoms with Crippen molar-refractivity contribution >= 4 is 23.2 Å². The third-order valence-electron chi connectivity index (χ3n) is 4.51. The van der Waals surface area contributed by atoms with Crippen molar-refractivity contribution in [1.29, 1.82) is 0 Å². The summed E-state index contributed by atoms with van der Waals surface area (Å²) in [6.07, 6.45) is 3.59. The van der Waals surface area contributed by atoms with E-state index in [4.69, 9.17) is 32.7 Å². The zero-order valence-electron chi connectivity index (χ0n) is 12.5. The van der Waals surface area contributed by atoms with E-state index in [2.05, 4.69) is 13.8 Å². The summed E-state index contributed by atoms with van der Waals surface area (Å²) < 4.78 is 10.7. The SMILES string of the molecule is COc1ccc(C(Cl)C2CCCC2(C)C)c(OC)c1Cl. The molecule has 1 aromatic carbocycles. The molecule has 1 aliphatic carbocycles. The summed E-state index contributed by atoms with van der Waals surface area (Å²) >= 11 is 13.1. The normalized spacial score (nSPS) is 22.6. The Hall–Kier alpha value is -0.600. The summed E-state index contributed by atoms with van der Waals surface area (Å²) in [4.78, 5) is 0. The van der Waals surface area contributed by atoms with Crippen LogP contribution < -0.4 is 9.47 Å². The minimum atomic E-state index is -0.0918. The molecule has 2 unspecified atom stereocenters. The maximum atomic E-state index is 6.77. The van der Waals surface area contributed by atoms with E-state index in [0.717, 1.165) is 12.0 Å². The highest BCUT2D eigenvalue weighted by molar-refractivity contribution is 6.34. The molecule has 2 nitrogen and oxygen atoms in total. The number of halogens is 2. The summed E-state index contributed by atoms with van der Waals surface area (Å²) in [5.74, 6) is 1.68. The smallest absolute Gasteiger partial charge is 0.145 e. The van der Waals surface area contributed by atoms with Gasteiger partial charge in [-0.15, -0.1) is 11.6 Å². The lowest BCUT2D eigenvalue weighted by Crippen LogP contribution is -2.22. The average molecular weight is 317 g/mol. The predicted octanol–water partition coefficient (Wildman–Crippen LogP) is 5.46. The average Bonchev–Trinajstić information content (AvgIpc) is 2.77. The molecule has 0 heterocycles. The van der Waals surface area contributed by atoms with Crippen molar-refractivity contribution < 1.29 is 9.47 Å². The molecule has 4 heteroatoms. The fraction of sp³-hybridized carbons (Fsp3) is 0.625. The number of alkyl halides is 1. The Morgan fingerprint density at radius 3 is 2.45 bits per heavy atom. The Balaban J connectivity index is 2.39. The summed E-state index contributed by atoms with van der Waals surface area (Å²) in [6, 6.07) is 3.83. The molecule has 0 aromatic heterocycles. The quantitative estimate of drug-likeness (QED) is 0.686. The minimum absolute atomic E-state index is 0.0918. The second-order valence-corrected chi connectivity index (χ2v) is 6.94. The van der Waals surface area contributed by atoms with Crippen LogP contribution in [0.15, 0.2) is 12.1 Å². The van der Waals surface area contributed by atoms with Crippen molar-refractivity contribution in [2.45, 2.75) is 38.5 Å². The fourth-order valence-electron chi connectivity index (χ4n) is 3.25. The van der Waals surface area contributed by atoms with Crippen LogP contribution in [-0.4, -0.2) is 14.2 Å². The van der Waals surface area contributed by atoms with Crippen LogP contribution in [0.4, 0.5) is 0 Å². The number of hydrogen-bond donors (Lipinski definition) is 0. The molecule has 0 N–H and O–H groups in total. The molecule has 0 spiro atoms. The van der Waals surface area contributed by atoms with Gasteiger partial charge in [0.05, 0.1) is 19.6 Å². The lowest BCUT2D eigenvalue weighted by Gasteiger charge is -2.31. The fourth-order valence-corrected chi connectivity index (χ4v) is 4.21. The van der Waals surface area contributed by atoms with E-state index in [9.17, 15) is 0 Å². The highest BCUT2D eigenvalue weighted by Gasteiger charge is 2.40. The first-order chi connectivity index (χ1) is 9.42. The van der Waals surface area contributed by atoms with Crippen LogP contribution in [0, 0.1) is 11.3 Å². The maximum Gasteiger partial charge on any atom is 0.145 e. The Bertz CT molecular complexity index is 486. The van der Waals surface area contributed by atoms with E-state index in [0.29, 0.717) is 22.4 Å². The topological polar surface area (TPSA) is 18.5 Å². The van der Waals surface area contributed by atoms with E-state index in [1.165, 1.54) is 12.8 Å². The first kappa shape index (κ1) is 15.8. The number of hydrogen-bond acceptors (Lipinski definition) is 2. The molecular formula is C16H22Cl2O2. The Morgan fingerprint density at radius 1 is 1.25 bits per heavy atom. The molecule has 20 heavy (non-hydrogen) atoms. The van der Waals surface area contributed by atoms with Gasteiger partial charge in [-0.3, -0.25) is 0 Å². The van der Waals surface area contributed by atoms with Gasteiger partial charge in [-0.1, -0.05) is 37.9 Å². The van der Waals surface area contributed by atoms with Crippen LogP contribution in [0.1, 0.15) is 44.1 Å². The first-order valence-corrected chi connectivity index (χ1v) is 7.78. The summed E-state index contributed by atoms with van der Waals surface area (Å²) in [7, 11) is 3.21. The number of rotatable bonds is 4. The van der Waals surface area contributed by atoms with Gasteiger partial charge in [0.1, 0.15) is 16.5 Å². The lowest BCUT2D eigenvalue weighted by molar-refractivity contribution is 0.249. The van der Waals surface area contributed by atoms with E-state index in [-0.39, 0.29) is 10.8 Å². The van der Waals surface area contributed by atoms with Gasteiger partial charge in [0.25, 0.3) is 0 Å². The molecule has 1 fully saturated rings. The van der Waals surface area contributed by atoms with Crippen LogP contribution >= 0.6 is 23.2 Å². The van der Waals surface area contributed by atoms with Crippen LogP contribution in [0.3, 0.4) is 0 Å². The van der Waals surface area contributed by atoms with Gasteiger partial charge < -0.3 is 9.47 Å². The van der Waals surface area contributed by atoms with Crippen molar-refractivity contribution in [3.63, 3.8) is 0 Å². The van der Waals surface area contributed by atoms with Crippen LogP contribution in [0.25, 0.3) is 0 Å². The third kappa shape index (κ3) is 2.73. The molecule has 2 rings (SSSR count). The zero-order valence-corrected chi connectivity index (χ0v) is 14.0. The second-order valence-electron chi connectivity index (χ2n) is 6.09. The molecule has 0 saturated heterocycles. The van der Waals surface area contributed by atoms with Gasteiger partial charge in [-0.2, -0.15) is 0 Å². The molecule has 1 saturated carbocycles. The van der Waals surface area contributed by atoms with E-state index >= 15 is 0 Å². The van der Waals surface area contributed by atoms with Gasteiger partial charge in [0.2, 0.25) is 0 Å². The lowest BCUT2D eigenvalue weighted by atomic mass is 9.78. The standard InChI is InChI=1S/C16H22Cl2O2/c1-16(2)9-5-6-11(16)13(17)10-7-8-12(19-3)14(18)15(10)20-4/h7-8,11,13H,5-6,9H2,1-4H3. The van der Waals surface area contributed by atoms with Gasteiger partial charge in [0, 0.05) is 5.56 Å². The molecule has 112 valence electrons. The first-order valence-electron chi connectivity index (χ1n) is 6.97. The van der Waals surface area contributed by atoms with Gasteiger partial charge >= 0.3 is 0 Å². The molecule has 1 aromatic rings. The van der Waals surface area contributed by atoms with E-state index in [1.54, 1.807) is 14.2 Å². The highest BCUT2D eigenvalue weighted by atomic mass is 35.5. The number of benzene rings is 1. The van der Waals surface area contributed by atoms with Crippen LogP contribution in [0.2, 0.25) is 5.02 Å². The van der Waals surface area contributed by atoms with Crippen molar-refractivity contribution in [2.75, 3.05) is 14.2 Å². The monoisotopic (exact) mass is 316 g/mol. The van der Waals surface area contributed by atoms with Gasteiger partial charge in [-0.25, -0.2) is 0 Å². The third-order valence-corrected chi connectivity index (χ3v) is 5.40. The maximum absolute atomic E-state index is 6.77. The van der Waals surface area contributed by atoms with Gasteiger partial charge in [-0.05, 0) is 30.2 Å². The van der Waals surface area contributed by atoms with E-state index in [1.807, 2.05) is 12.1 Å². The minimum Gasteiger partial charge on any atom is -0.495 e. The number of methoxy groups -OCH3 is 2. The van der Waals surface area contributed by atoms with E-state index < -0.39 is 0 Å². The summed E-state index contributed by atoms with van der Waals surface area (Å²) in [5.41, 5.74) is 1.21. The molecular weight excluding hydrogens is 295 g/mol. The largest absolute Gasteiger partial charge is 0.495 e. The van der Waals surface area contributed by atoms with Crippen LogP contribution in [-0.2, 0) is 0 Å². The second kappa shape index (κ2) is 6.03. The van der Waals surface area contributed by atoms with Crippen molar-refractivity contribution in [1.82, 2.24) is 0 Å². The molecule has 2 atom stereocenters. The zero-order chi connectivity index (χ0) is 14.9. The van der Waals surface area contributed by atoms with Crippen molar-refractivity contribution in [3.8, 4) is 11.5 Å². The predicted molar refractivity (Wildman–Crippen MR) is 84.3 cm³/mol. The van der Waals surface area contributed by atoms with Crippen molar-refractivity contribution in [3.05, 3.63) is 22.7 Å². The molecule has 0 bridgehead atoms. The molecule has 0 radical (unpaired) electrons. The van der Waals surface area contributed by atoms with Crippen molar-refractivity contribution in [2.24, 2.45) is 11.3 Å². The Kier molecular flexibility index (Phi) is 4.76. The molecule has 0 aliphatic heterocycles. The number of ether oxygens (including phenoxy) is 2. The summed E-state index contributed by atoms with van der Waals surface area (Å²) in [6.45, 7) is 4.58. The Labute approximate surface area is 131 Å². The van der Waals surface area contributed by atoms with Crippen LogP contribution in [0.5, 0.6) is 11.5 Å². The molecule has 1 aliphatic rings. The Morgan fingerprint density at radius 2 is 1.95 bits per heavy atom. The molecule has 0 amide bonds.